The van der Waals surface area contributed by atoms with Crippen LogP contribution in [0.15, 0.2) is 68.8 Å². The van der Waals surface area contributed by atoms with Gasteiger partial charge in [0.05, 0.1) is 19.0 Å². The van der Waals surface area contributed by atoms with Crippen LogP contribution in [-0.2, 0) is 4.79 Å². The van der Waals surface area contributed by atoms with Gasteiger partial charge in [-0.3, -0.25) is 4.79 Å². The maximum Gasteiger partial charge on any atom is 0.379 e. The van der Waals surface area contributed by atoms with Gasteiger partial charge in [0.15, 0.2) is 0 Å². The molecule has 0 aliphatic carbocycles. The Bertz CT molecular complexity index is 1060. The molecule has 154 valence electrons. The summed E-state index contributed by atoms with van der Waals surface area (Å²) < 4.78 is 11.2. The number of esters is 1. The van der Waals surface area contributed by atoms with Gasteiger partial charge in [-0.15, -0.1) is 0 Å². The molecule has 8 heteroatoms. The standard InChI is InChI=1S/C22H20BrN3O4/c1-14-5-3-6-15(2)21(14)24-13-20(27)26-25-12-16-11-17(23)8-9-18(16)30-22(28)19-7-4-10-29-19/h3-12,24H,13H2,1-2H3,(H,26,27)/b25-12-. The number of carbonyl (C=O) groups is 2. The van der Waals surface area contributed by atoms with Gasteiger partial charge < -0.3 is 14.5 Å². The Labute approximate surface area is 182 Å². The van der Waals surface area contributed by atoms with Crippen molar-refractivity contribution < 1.29 is 18.7 Å². The Hall–Kier alpha value is -3.39. The van der Waals surface area contributed by atoms with E-state index in [1.54, 1.807) is 24.3 Å². The Morgan fingerprint density at radius 3 is 2.60 bits per heavy atom. The first-order chi connectivity index (χ1) is 14.4. The van der Waals surface area contributed by atoms with E-state index in [0.717, 1.165) is 21.3 Å². The molecule has 1 heterocycles. The highest BCUT2D eigenvalue weighted by atomic mass is 79.9. The smallest absolute Gasteiger partial charge is 0.379 e. The molecule has 0 bridgehead atoms. The normalized spacial score (nSPS) is 10.8. The van der Waals surface area contributed by atoms with Gasteiger partial charge in [0.25, 0.3) is 5.91 Å². The number of carbonyl (C=O) groups excluding carboxylic acids is 2. The van der Waals surface area contributed by atoms with E-state index in [0.29, 0.717) is 5.56 Å². The highest BCUT2D eigenvalue weighted by molar-refractivity contribution is 9.10. The average Bonchev–Trinajstić information content (AvgIpc) is 3.24. The Morgan fingerprint density at radius 1 is 1.13 bits per heavy atom. The molecular weight excluding hydrogens is 450 g/mol. The Kier molecular flexibility index (Phi) is 7.03. The van der Waals surface area contributed by atoms with Crippen LogP contribution in [0.1, 0.15) is 27.2 Å². The van der Waals surface area contributed by atoms with Gasteiger partial charge in [-0.1, -0.05) is 34.1 Å². The highest BCUT2D eigenvalue weighted by Crippen LogP contribution is 2.23. The topological polar surface area (TPSA) is 92.9 Å². The van der Waals surface area contributed by atoms with Gasteiger partial charge in [0, 0.05) is 15.7 Å². The maximum absolute atomic E-state index is 12.1. The molecule has 0 aliphatic heterocycles. The molecule has 2 aromatic carbocycles. The van der Waals surface area contributed by atoms with E-state index in [2.05, 4.69) is 31.8 Å². The number of nitrogens with one attached hydrogen (secondary N) is 2. The number of hydrazone groups is 1. The van der Waals surface area contributed by atoms with Crippen LogP contribution >= 0.6 is 15.9 Å². The number of benzene rings is 2. The fourth-order valence-corrected chi connectivity index (χ4v) is 3.11. The minimum atomic E-state index is -0.626. The van der Waals surface area contributed by atoms with Crippen molar-refractivity contribution in [1.29, 1.82) is 0 Å². The molecule has 7 nitrogen and oxygen atoms in total. The molecule has 3 aromatic rings. The first-order valence-corrected chi connectivity index (χ1v) is 9.90. The van der Waals surface area contributed by atoms with Crippen LogP contribution in [0, 0.1) is 13.8 Å². The van der Waals surface area contributed by atoms with Gasteiger partial charge >= 0.3 is 5.97 Å². The second-order valence-electron chi connectivity index (χ2n) is 6.46. The summed E-state index contributed by atoms with van der Waals surface area (Å²) in [5.41, 5.74) is 6.01. The quantitative estimate of drug-likeness (QED) is 0.231. The zero-order valence-electron chi connectivity index (χ0n) is 16.4. The molecule has 0 radical (unpaired) electrons. The number of para-hydroxylation sites is 1. The molecule has 0 spiro atoms. The molecule has 0 saturated carbocycles. The summed E-state index contributed by atoms with van der Waals surface area (Å²) in [4.78, 5) is 24.2. The SMILES string of the molecule is Cc1cccc(C)c1NCC(=O)N/N=C\c1cc(Br)ccc1OC(=O)c1ccco1. The highest BCUT2D eigenvalue weighted by Gasteiger charge is 2.14. The van der Waals surface area contributed by atoms with Crippen LogP contribution in [0.4, 0.5) is 5.69 Å². The summed E-state index contributed by atoms with van der Waals surface area (Å²) >= 11 is 3.37. The molecule has 0 fully saturated rings. The first-order valence-electron chi connectivity index (χ1n) is 9.11. The van der Waals surface area contributed by atoms with E-state index in [9.17, 15) is 9.59 Å². The number of nitrogens with zero attached hydrogens (tertiary/aromatic N) is 1. The second kappa shape index (κ2) is 9.89. The average molecular weight is 470 g/mol. The fourth-order valence-electron chi connectivity index (χ4n) is 2.73. The monoisotopic (exact) mass is 469 g/mol. The lowest BCUT2D eigenvalue weighted by atomic mass is 10.1. The van der Waals surface area contributed by atoms with Crippen molar-refractivity contribution in [2.75, 3.05) is 11.9 Å². The van der Waals surface area contributed by atoms with Crippen molar-refractivity contribution in [3.8, 4) is 5.75 Å². The first kappa shape index (κ1) is 21.3. The summed E-state index contributed by atoms with van der Waals surface area (Å²) in [6.07, 6.45) is 2.80. The fraction of sp³-hybridized carbons (Fsp3) is 0.136. The lowest BCUT2D eigenvalue weighted by Crippen LogP contribution is -2.26. The third-order valence-electron chi connectivity index (χ3n) is 4.20. The van der Waals surface area contributed by atoms with Crippen LogP contribution < -0.4 is 15.5 Å². The van der Waals surface area contributed by atoms with E-state index >= 15 is 0 Å². The minimum absolute atomic E-state index is 0.0713. The summed E-state index contributed by atoms with van der Waals surface area (Å²) in [5.74, 6) is -0.560. The largest absolute Gasteiger partial charge is 0.457 e. The molecule has 2 N–H and O–H groups in total. The predicted molar refractivity (Wildman–Crippen MR) is 118 cm³/mol. The van der Waals surface area contributed by atoms with Crippen molar-refractivity contribution in [2.45, 2.75) is 13.8 Å². The minimum Gasteiger partial charge on any atom is -0.457 e. The number of hydrogen-bond acceptors (Lipinski definition) is 6. The predicted octanol–water partition coefficient (Wildman–Crippen LogP) is 4.44. The number of rotatable bonds is 7. The number of amides is 1. The van der Waals surface area contributed by atoms with Crippen LogP contribution in [0.3, 0.4) is 0 Å². The van der Waals surface area contributed by atoms with Crippen molar-refractivity contribution >= 4 is 39.7 Å². The zero-order chi connectivity index (χ0) is 21.5. The second-order valence-corrected chi connectivity index (χ2v) is 7.38. The summed E-state index contributed by atoms with van der Waals surface area (Å²) in [6, 6.07) is 14.1. The van der Waals surface area contributed by atoms with E-state index in [-0.39, 0.29) is 24.0 Å². The van der Waals surface area contributed by atoms with Gasteiger partial charge in [0.1, 0.15) is 5.75 Å². The molecule has 30 heavy (non-hydrogen) atoms. The van der Waals surface area contributed by atoms with E-state index in [1.807, 2.05) is 32.0 Å². The maximum atomic E-state index is 12.1. The molecule has 0 atom stereocenters. The van der Waals surface area contributed by atoms with Crippen molar-refractivity contribution in [3.63, 3.8) is 0 Å². The molecular formula is C22H20BrN3O4. The molecule has 3 rings (SSSR count). The van der Waals surface area contributed by atoms with E-state index in [4.69, 9.17) is 9.15 Å². The van der Waals surface area contributed by atoms with Crippen LogP contribution in [0.25, 0.3) is 0 Å². The Balaban J connectivity index is 1.62. The van der Waals surface area contributed by atoms with Gasteiger partial charge in [-0.05, 0) is 55.3 Å². The summed E-state index contributed by atoms with van der Waals surface area (Å²) in [7, 11) is 0. The summed E-state index contributed by atoms with van der Waals surface area (Å²) in [5, 5.41) is 7.09. The number of anilines is 1. The lowest BCUT2D eigenvalue weighted by molar-refractivity contribution is -0.119. The third kappa shape index (κ3) is 5.57. The van der Waals surface area contributed by atoms with Crippen molar-refractivity contribution in [1.82, 2.24) is 5.43 Å². The van der Waals surface area contributed by atoms with E-state index in [1.165, 1.54) is 18.5 Å². The number of aryl methyl sites for hydroxylation is 2. The van der Waals surface area contributed by atoms with Crippen LogP contribution in [0.2, 0.25) is 0 Å². The van der Waals surface area contributed by atoms with E-state index < -0.39 is 5.97 Å². The van der Waals surface area contributed by atoms with Crippen LogP contribution in [-0.4, -0.2) is 24.6 Å². The molecule has 0 aliphatic rings. The van der Waals surface area contributed by atoms with Crippen molar-refractivity contribution in [2.24, 2.45) is 5.10 Å². The summed E-state index contributed by atoms with van der Waals surface area (Å²) in [6.45, 7) is 4.02. The zero-order valence-corrected chi connectivity index (χ0v) is 18.0. The molecule has 1 amide bonds. The van der Waals surface area contributed by atoms with Gasteiger partial charge in [0.2, 0.25) is 5.76 Å². The molecule has 0 unspecified atom stereocenters. The van der Waals surface area contributed by atoms with Gasteiger partial charge in [-0.2, -0.15) is 5.10 Å². The third-order valence-corrected chi connectivity index (χ3v) is 4.69. The molecule has 0 saturated heterocycles. The number of hydrogen-bond donors (Lipinski definition) is 2. The van der Waals surface area contributed by atoms with Crippen LogP contribution in [0.5, 0.6) is 5.75 Å². The Morgan fingerprint density at radius 2 is 1.90 bits per heavy atom. The lowest BCUT2D eigenvalue weighted by Gasteiger charge is -2.11. The van der Waals surface area contributed by atoms with Gasteiger partial charge in [-0.25, -0.2) is 10.2 Å². The van der Waals surface area contributed by atoms with Crippen molar-refractivity contribution in [3.05, 3.63) is 81.7 Å². The number of ether oxygens (including phenoxy) is 1. The number of halogens is 1. The molecule has 1 aromatic heterocycles. The number of furan rings is 1.